The van der Waals surface area contributed by atoms with E-state index in [1.165, 1.54) is 218 Å². The van der Waals surface area contributed by atoms with Gasteiger partial charge < -0.3 is 20.6 Å². The van der Waals surface area contributed by atoms with E-state index in [1.807, 2.05) is 6.08 Å². The van der Waals surface area contributed by atoms with Gasteiger partial charge in [-0.1, -0.05) is 262 Å². The van der Waals surface area contributed by atoms with Crippen molar-refractivity contribution in [2.45, 2.75) is 302 Å². The second-order valence-electron chi connectivity index (χ2n) is 18.8. The highest BCUT2D eigenvalue weighted by atomic mass is 16.3. The number of carbonyl (C=O) groups is 1. The molecule has 5 heteroatoms. The van der Waals surface area contributed by atoms with Crippen LogP contribution in [0.3, 0.4) is 0 Å². The van der Waals surface area contributed by atoms with Gasteiger partial charge in [-0.15, -0.1) is 0 Å². The molecular weight excluding hydrogens is 763 g/mol. The Kier molecular flexibility index (Phi) is 50.5. The van der Waals surface area contributed by atoms with E-state index in [-0.39, 0.29) is 18.9 Å². The number of hydrogen-bond donors (Lipinski definition) is 4. The predicted octanol–water partition coefficient (Wildman–Crippen LogP) is 16.8. The van der Waals surface area contributed by atoms with E-state index in [1.54, 1.807) is 6.08 Å². The number of hydrogen-bond acceptors (Lipinski definition) is 4. The maximum atomic E-state index is 12.5. The molecule has 3 atom stereocenters. The molecule has 0 aromatic heterocycles. The van der Waals surface area contributed by atoms with Crippen molar-refractivity contribution in [3.63, 3.8) is 0 Å². The number of aliphatic hydroxyl groups excluding tert-OH is 3. The molecule has 0 radical (unpaired) electrons. The predicted molar refractivity (Wildman–Crippen MR) is 273 cm³/mol. The quantitative estimate of drug-likeness (QED) is 0.0362. The summed E-state index contributed by atoms with van der Waals surface area (Å²) in [5, 5.41) is 33.4. The summed E-state index contributed by atoms with van der Waals surface area (Å²) in [6, 6.07) is -0.762. The number of amides is 1. The van der Waals surface area contributed by atoms with Crippen LogP contribution in [0.4, 0.5) is 0 Å². The van der Waals surface area contributed by atoms with Gasteiger partial charge in [0, 0.05) is 0 Å². The standard InChI is InChI=1S/C57H107NO4/c1-3-5-7-9-11-13-15-17-19-21-22-23-24-25-26-27-28-29-30-31-32-33-34-35-36-38-40-42-44-46-48-50-54(60)52-57(62)58-55(53-59)56(61)51-49-47-45-43-41-39-37-20-18-16-14-12-10-8-6-4-2/h22-23,25-26,41,43,49,51,54-56,59-61H,3-21,24,27-40,42,44-48,50,52-53H2,1-2H3,(H,58,62)/b23-22-,26-25-,43-41+,51-49+. The van der Waals surface area contributed by atoms with E-state index < -0.39 is 18.2 Å². The number of rotatable bonds is 50. The van der Waals surface area contributed by atoms with Crippen molar-refractivity contribution in [1.29, 1.82) is 0 Å². The van der Waals surface area contributed by atoms with Gasteiger partial charge in [0.2, 0.25) is 5.91 Å². The van der Waals surface area contributed by atoms with Crippen molar-refractivity contribution in [2.24, 2.45) is 0 Å². The molecule has 1 amide bonds. The van der Waals surface area contributed by atoms with Gasteiger partial charge in [-0.05, 0) is 64.2 Å². The van der Waals surface area contributed by atoms with Gasteiger partial charge in [0.1, 0.15) is 0 Å². The molecule has 0 rings (SSSR count). The zero-order valence-electron chi connectivity index (χ0n) is 41.5. The Morgan fingerprint density at radius 1 is 0.419 bits per heavy atom. The Hall–Kier alpha value is -1.69. The van der Waals surface area contributed by atoms with E-state index in [0.29, 0.717) is 6.42 Å². The zero-order chi connectivity index (χ0) is 45.1. The van der Waals surface area contributed by atoms with E-state index in [0.717, 1.165) is 38.5 Å². The van der Waals surface area contributed by atoms with Crippen LogP contribution in [0.15, 0.2) is 48.6 Å². The van der Waals surface area contributed by atoms with Crippen LogP contribution in [0.5, 0.6) is 0 Å². The molecule has 0 heterocycles. The van der Waals surface area contributed by atoms with Gasteiger partial charge in [0.15, 0.2) is 0 Å². The molecule has 0 aromatic rings. The van der Waals surface area contributed by atoms with Gasteiger partial charge in [0.25, 0.3) is 0 Å². The third-order valence-corrected chi connectivity index (χ3v) is 12.6. The van der Waals surface area contributed by atoms with Gasteiger partial charge in [-0.3, -0.25) is 4.79 Å². The average Bonchev–Trinajstić information content (AvgIpc) is 3.27. The highest BCUT2D eigenvalue weighted by molar-refractivity contribution is 5.76. The fraction of sp³-hybridized carbons (Fsp3) is 0.842. The third-order valence-electron chi connectivity index (χ3n) is 12.6. The first-order valence-corrected chi connectivity index (χ1v) is 27.4. The Bertz CT molecular complexity index is 1000. The maximum Gasteiger partial charge on any atom is 0.222 e. The Labute approximate surface area is 387 Å². The summed E-state index contributed by atoms with van der Waals surface area (Å²) in [6.07, 6.45) is 68.7. The second-order valence-corrected chi connectivity index (χ2v) is 18.8. The number of allylic oxidation sites excluding steroid dienone is 7. The van der Waals surface area contributed by atoms with Crippen LogP contribution in [0.1, 0.15) is 284 Å². The molecule has 0 aliphatic carbocycles. The largest absolute Gasteiger partial charge is 0.394 e. The third kappa shape index (κ3) is 47.8. The second kappa shape index (κ2) is 51.9. The first-order valence-electron chi connectivity index (χ1n) is 27.4. The number of carbonyl (C=O) groups excluding carboxylic acids is 1. The molecule has 0 aromatic carbocycles. The molecule has 0 saturated carbocycles. The Balaban J connectivity index is 3.57. The van der Waals surface area contributed by atoms with Gasteiger partial charge in [0.05, 0.1) is 31.3 Å². The van der Waals surface area contributed by atoms with Crippen LogP contribution in [0, 0.1) is 0 Å². The summed E-state index contributed by atoms with van der Waals surface area (Å²) >= 11 is 0. The molecule has 0 aliphatic rings. The van der Waals surface area contributed by atoms with E-state index in [9.17, 15) is 20.1 Å². The minimum atomic E-state index is -0.952. The summed E-state index contributed by atoms with van der Waals surface area (Å²) in [7, 11) is 0. The van der Waals surface area contributed by atoms with Gasteiger partial charge in [-0.2, -0.15) is 0 Å². The molecule has 0 spiro atoms. The van der Waals surface area contributed by atoms with Crippen LogP contribution in [0.2, 0.25) is 0 Å². The van der Waals surface area contributed by atoms with Gasteiger partial charge >= 0.3 is 0 Å². The van der Waals surface area contributed by atoms with Crippen LogP contribution in [-0.2, 0) is 4.79 Å². The molecular formula is C57H107NO4. The van der Waals surface area contributed by atoms with Crippen molar-refractivity contribution in [3.8, 4) is 0 Å². The van der Waals surface area contributed by atoms with Crippen LogP contribution < -0.4 is 5.32 Å². The number of aliphatic hydroxyl groups is 3. The highest BCUT2D eigenvalue weighted by Gasteiger charge is 2.20. The Morgan fingerprint density at radius 2 is 0.742 bits per heavy atom. The minimum absolute atomic E-state index is 0.00609. The molecule has 0 bridgehead atoms. The average molecular weight is 870 g/mol. The monoisotopic (exact) mass is 870 g/mol. The molecule has 5 nitrogen and oxygen atoms in total. The van der Waals surface area contributed by atoms with Crippen LogP contribution >= 0.6 is 0 Å². The fourth-order valence-corrected chi connectivity index (χ4v) is 8.39. The first-order chi connectivity index (χ1) is 30.5. The van der Waals surface area contributed by atoms with Gasteiger partial charge in [-0.25, -0.2) is 0 Å². The van der Waals surface area contributed by atoms with E-state index in [4.69, 9.17) is 0 Å². The number of nitrogens with one attached hydrogen (secondary N) is 1. The minimum Gasteiger partial charge on any atom is -0.394 e. The fourth-order valence-electron chi connectivity index (χ4n) is 8.39. The van der Waals surface area contributed by atoms with E-state index >= 15 is 0 Å². The summed E-state index contributed by atoms with van der Waals surface area (Å²) < 4.78 is 0. The molecule has 0 fully saturated rings. The van der Waals surface area contributed by atoms with E-state index in [2.05, 4.69) is 55.6 Å². The Morgan fingerprint density at radius 3 is 1.13 bits per heavy atom. The van der Waals surface area contributed by atoms with Crippen molar-refractivity contribution >= 4 is 5.91 Å². The summed E-state index contributed by atoms with van der Waals surface area (Å²) in [5.41, 5.74) is 0. The van der Waals surface area contributed by atoms with Crippen LogP contribution in [0.25, 0.3) is 0 Å². The van der Waals surface area contributed by atoms with Crippen LogP contribution in [-0.4, -0.2) is 46.1 Å². The first kappa shape index (κ1) is 60.3. The lowest BCUT2D eigenvalue weighted by molar-refractivity contribution is -0.124. The smallest absolute Gasteiger partial charge is 0.222 e. The zero-order valence-corrected chi connectivity index (χ0v) is 41.5. The SMILES string of the molecule is CCCCCCCCCCC/C=C\C/C=C\CCCCCCCCCCCCCCCCCC(O)CC(=O)NC(CO)C(O)/C=C/CC/C=C/CCCCCCCCCCCC. The van der Waals surface area contributed by atoms with Crippen molar-refractivity contribution in [1.82, 2.24) is 5.32 Å². The van der Waals surface area contributed by atoms with Crippen molar-refractivity contribution in [2.75, 3.05) is 6.61 Å². The molecule has 3 unspecified atom stereocenters. The maximum absolute atomic E-state index is 12.5. The normalized spacial score (nSPS) is 13.7. The molecule has 4 N–H and O–H groups in total. The topological polar surface area (TPSA) is 89.8 Å². The molecule has 62 heavy (non-hydrogen) atoms. The highest BCUT2D eigenvalue weighted by Crippen LogP contribution is 2.16. The summed E-state index contributed by atoms with van der Waals surface area (Å²) in [6.45, 7) is 4.21. The molecule has 0 saturated heterocycles. The molecule has 364 valence electrons. The lowest BCUT2D eigenvalue weighted by Crippen LogP contribution is -2.45. The lowest BCUT2D eigenvalue weighted by Gasteiger charge is -2.21. The summed E-state index contributed by atoms with van der Waals surface area (Å²) in [4.78, 5) is 12.5. The van der Waals surface area contributed by atoms with Crippen molar-refractivity contribution in [3.05, 3.63) is 48.6 Å². The molecule has 0 aliphatic heterocycles. The summed E-state index contributed by atoms with van der Waals surface area (Å²) in [5.74, 6) is -0.324. The number of unbranched alkanes of at least 4 members (excludes halogenated alkanes) is 35. The van der Waals surface area contributed by atoms with Crippen molar-refractivity contribution < 1.29 is 20.1 Å². The lowest BCUT2D eigenvalue weighted by atomic mass is 10.0.